The lowest BCUT2D eigenvalue weighted by molar-refractivity contribution is -0.116. The number of amides is 1. The lowest BCUT2D eigenvalue weighted by atomic mass is 10.2. The molecule has 0 fully saturated rings. The lowest BCUT2D eigenvalue weighted by Gasteiger charge is -2.08. The highest BCUT2D eigenvalue weighted by Gasteiger charge is 2.06. The standard InChI is InChI=1S/C17H14N2O4/c18-11-12-4-6-14(7-5-12)19-16(20)8-9-23-15-3-1-2-13(10-15)17(21)22/h1-7,10H,8-9H2,(H,19,20)(H,21,22). The number of carboxylic acid groups (broad SMARTS) is 1. The quantitative estimate of drug-likeness (QED) is 0.854. The molecule has 23 heavy (non-hydrogen) atoms. The van der Waals surface area contributed by atoms with Crippen LogP contribution in [0.1, 0.15) is 22.3 Å². The van der Waals surface area contributed by atoms with Crippen LogP contribution < -0.4 is 10.1 Å². The van der Waals surface area contributed by atoms with Crippen molar-refractivity contribution >= 4 is 17.6 Å². The van der Waals surface area contributed by atoms with Crippen molar-refractivity contribution in [1.29, 1.82) is 5.26 Å². The number of carbonyl (C=O) groups is 2. The molecule has 0 aromatic heterocycles. The van der Waals surface area contributed by atoms with Crippen LogP contribution in [-0.2, 0) is 4.79 Å². The fraction of sp³-hybridized carbons (Fsp3) is 0.118. The van der Waals surface area contributed by atoms with Crippen molar-refractivity contribution in [2.24, 2.45) is 0 Å². The van der Waals surface area contributed by atoms with Gasteiger partial charge in [-0.25, -0.2) is 4.79 Å². The molecule has 0 unspecified atom stereocenters. The summed E-state index contributed by atoms with van der Waals surface area (Å²) in [5.41, 5.74) is 1.25. The van der Waals surface area contributed by atoms with Gasteiger partial charge in [-0.3, -0.25) is 4.79 Å². The van der Waals surface area contributed by atoms with Gasteiger partial charge in [-0.15, -0.1) is 0 Å². The number of hydrogen-bond donors (Lipinski definition) is 2. The molecular formula is C17H14N2O4. The summed E-state index contributed by atoms with van der Waals surface area (Å²) in [4.78, 5) is 22.6. The maximum Gasteiger partial charge on any atom is 0.335 e. The van der Waals surface area contributed by atoms with Gasteiger partial charge in [0.1, 0.15) is 5.75 Å². The van der Waals surface area contributed by atoms with Gasteiger partial charge in [-0.05, 0) is 42.5 Å². The minimum atomic E-state index is -1.03. The van der Waals surface area contributed by atoms with Gasteiger partial charge >= 0.3 is 5.97 Å². The molecule has 0 heterocycles. The molecule has 2 aromatic rings. The minimum Gasteiger partial charge on any atom is -0.493 e. The predicted octanol–water partition coefficient (Wildman–Crippen LogP) is 2.66. The van der Waals surface area contributed by atoms with Gasteiger partial charge in [0.15, 0.2) is 0 Å². The zero-order valence-electron chi connectivity index (χ0n) is 12.2. The average molecular weight is 310 g/mol. The van der Waals surface area contributed by atoms with Gasteiger partial charge in [0.2, 0.25) is 5.91 Å². The van der Waals surface area contributed by atoms with E-state index in [9.17, 15) is 9.59 Å². The van der Waals surface area contributed by atoms with Gasteiger partial charge in [0, 0.05) is 5.69 Å². The average Bonchev–Trinajstić information content (AvgIpc) is 2.56. The molecule has 0 aliphatic rings. The Kier molecular flexibility index (Phi) is 5.31. The Bertz CT molecular complexity index is 748. The number of carbonyl (C=O) groups excluding carboxylic acids is 1. The number of rotatable bonds is 6. The van der Waals surface area contributed by atoms with Crippen LogP contribution >= 0.6 is 0 Å². The van der Waals surface area contributed by atoms with Crippen LogP contribution in [0.5, 0.6) is 5.75 Å². The third-order valence-electron chi connectivity index (χ3n) is 2.98. The number of nitrogens with one attached hydrogen (secondary N) is 1. The van der Waals surface area contributed by atoms with Crippen molar-refractivity contribution in [2.45, 2.75) is 6.42 Å². The lowest BCUT2D eigenvalue weighted by Crippen LogP contribution is -2.15. The number of nitrogens with zero attached hydrogens (tertiary/aromatic N) is 1. The molecule has 0 bridgehead atoms. The summed E-state index contributed by atoms with van der Waals surface area (Å²) in [6.07, 6.45) is 0.122. The van der Waals surface area contributed by atoms with Crippen LogP contribution in [-0.4, -0.2) is 23.6 Å². The van der Waals surface area contributed by atoms with Crippen LogP contribution in [0.2, 0.25) is 0 Å². The van der Waals surface area contributed by atoms with E-state index in [1.165, 1.54) is 12.1 Å². The molecule has 0 spiro atoms. The first-order valence-electron chi connectivity index (χ1n) is 6.84. The Balaban J connectivity index is 1.81. The minimum absolute atomic E-state index is 0.122. The largest absolute Gasteiger partial charge is 0.493 e. The van der Waals surface area contributed by atoms with Crippen molar-refractivity contribution < 1.29 is 19.4 Å². The Morgan fingerprint density at radius 1 is 1.17 bits per heavy atom. The Morgan fingerprint density at radius 2 is 1.91 bits per heavy atom. The summed E-state index contributed by atoms with van der Waals surface area (Å²) in [5, 5.41) is 20.3. The summed E-state index contributed by atoms with van der Waals surface area (Å²) in [5.74, 6) is -0.867. The van der Waals surface area contributed by atoms with Gasteiger partial charge in [0.25, 0.3) is 0 Å². The molecule has 0 aliphatic carbocycles. The molecule has 6 heteroatoms. The van der Waals surface area contributed by atoms with E-state index < -0.39 is 5.97 Å². The first-order chi connectivity index (χ1) is 11.1. The maximum absolute atomic E-state index is 11.8. The van der Waals surface area contributed by atoms with Crippen molar-refractivity contribution in [3.8, 4) is 11.8 Å². The molecule has 0 atom stereocenters. The van der Waals surface area contributed by atoms with Gasteiger partial charge in [0.05, 0.1) is 30.2 Å². The van der Waals surface area contributed by atoms with E-state index >= 15 is 0 Å². The van der Waals surface area contributed by atoms with E-state index in [-0.39, 0.29) is 24.5 Å². The molecule has 0 saturated heterocycles. The third kappa shape index (κ3) is 4.86. The number of anilines is 1. The molecule has 0 saturated carbocycles. The smallest absolute Gasteiger partial charge is 0.335 e. The number of aromatic carboxylic acids is 1. The number of nitriles is 1. The van der Waals surface area contributed by atoms with Gasteiger partial charge in [-0.2, -0.15) is 5.26 Å². The fourth-order valence-corrected chi connectivity index (χ4v) is 1.83. The van der Waals surface area contributed by atoms with E-state index in [0.717, 1.165) is 0 Å². The third-order valence-corrected chi connectivity index (χ3v) is 2.98. The maximum atomic E-state index is 11.8. The van der Waals surface area contributed by atoms with Crippen LogP contribution in [0.25, 0.3) is 0 Å². The van der Waals surface area contributed by atoms with E-state index in [1.54, 1.807) is 36.4 Å². The second-order valence-corrected chi connectivity index (χ2v) is 4.67. The zero-order valence-corrected chi connectivity index (χ0v) is 12.2. The molecule has 6 nitrogen and oxygen atoms in total. The predicted molar refractivity (Wildman–Crippen MR) is 83.3 cm³/mol. The highest BCUT2D eigenvalue weighted by molar-refractivity contribution is 5.90. The summed E-state index contributed by atoms with van der Waals surface area (Å²) in [6, 6.07) is 14.6. The van der Waals surface area contributed by atoms with Crippen LogP contribution in [0, 0.1) is 11.3 Å². The number of carboxylic acids is 1. The second kappa shape index (κ2) is 7.61. The SMILES string of the molecule is N#Cc1ccc(NC(=O)CCOc2cccc(C(=O)O)c2)cc1. The molecule has 0 aliphatic heterocycles. The van der Waals surface area contributed by atoms with Crippen molar-refractivity contribution in [3.05, 3.63) is 59.7 Å². The highest BCUT2D eigenvalue weighted by Crippen LogP contribution is 2.14. The Morgan fingerprint density at radius 3 is 2.57 bits per heavy atom. The number of benzene rings is 2. The van der Waals surface area contributed by atoms with E-state index in [0.29, 0.717) is 17.0 Å². The summed E-state index contributed by atoms with van der Waals surface area (Å²) >= 11 is 0. The van der Waals surface area contributed by atoms with E-state index in [4.69, 9.17) is 15.1 Å². The Labute approximate surface area is 132 Å². The summed E-state index contributed by atoms with van der Waals surface area (Å²) in [7, 11) is 0. The summed E-state index contributed by atoms with van der Waals surface area (Å²) < 4.78 is 5.37. The van der Waals surface area contributed by atoms with Crippen molar-refractivity contribution in [1.82, 2.24) is 0 Å². The number of hydrogen-bond acceptors (Lipinski definition) is 4. The highest BCUT2D eigenvalue weighted by atomic mass is 16.5. The first kappa shape index (κ1) is 16.0. The molecule has 2 aromatic carbocycles. The van der Waals surface area contributed by atoms with Crippen LogP contribution in [0.3, 0.4) is 0 Å². The topological polar surface area (TPSA) is 99.4 Å². The van der Waals surface area contributed by atoms with Crippen LogP contribution in [0.4, 0.5) is 5.69 Å². The monoisotopic (exact) mass is 310 g/mol. The normalized spacial score (nSPS) is 9.70. The van der Waals surface area contributed by atoms with Crippen LogP contribution in [0.15, 0.2) is 48.5 Å². The van der Waals surface area contributed by atoms with E-state index in [1.807, 2.05) is 6.07 Å². The zero-order chi connectivity index (χ0) is 16.7. The van der Waals surface area contributed by atoms with Crippen molar-refractivity contribution in [2.75, 3.05) is 11.9 Å². The molecule has 116 valence electrons. The second-order valence-electron chi connectivity index (χ2n) is 4.67. The van der Waals surface area contributed by atoms with E-state index in [2.05, 4.69) is 5.32 Å². The molecule has 2 rings (SSSR count). The molecule has 1 amide bonds. The van der Waals surface area contributed by atoms with Gasteiger partial charge < -0.3 is 15.2 Å². The fourth-order valence-electron chi connectivity index (χ4n) is 1.83. The molecule has 0 radical (unpaired) electrons. The molecular weight excluding hydrogens is 296 g/mol. The summed E-state index contributed by atoms with van der Waals surface area (Å²) in [6.45, 7) is 0.130. The number of ether oxygens (including phenoxy) is 1. The van der Waals surface area contributed by atoms with Crippen molar-refractivity contribution in [3.63, 3.8) is 0 Å². The first-order valence-corrected chi connectivity index (χ1v) is 6.84. The van der Waals surface area contributed by atoms with Gasteiger partial charge in [-0.1, -0.05) is 6.07 Å². The Hall–Kier alpha value is -3.33. The molecule has 2 N–H and O–H groups in total.